The monoisotopic (exact) mass is 465 g/mol. The second-order valence-corrected chi connectivity index (χ2v) is 8.89. The summed E-state index contributed by atoms with van der Waals surface area (Å²) in [4.78, 5) is 5.59. The predicted molar refractivity (Wildman–Crippen MR) is 134 cm³/mol. The van der Waals surface area contributed by atoms with Gasteiger partial charge in [-0.1, -0.05) is 30.0 Å². The molecule has 1 aliphatic rings. The fourth-order valence-corrected chi connectivity index (χ4v) is 5.11. The Kier molecular flexibility index (Phi) is 6.23. The smallest absolute Gasteiger partial charge is 0.140 e. The van der Waals surface area contributed by atoms with Gasteiger partial charge in [0.25, 0.3) is 0 Å². The second-order valence-electron chi connectivity index (χ2n) is 6.86. The maximum atomic E-state index is 8.14. The SMILES string of the molecule is CN1c2ccccc2Sc2ccc(Oc3ccc(NC(=N)c4cccs4)cc3)cc21.Cl. The highest BCUT2D eigenvalue weighted by Gasteiger charge is 2.20. The van der Waals surface area contributed by atoms with Gasteiger partial charge >= 0.3 is 0 Å². The van der Waals surface area contributed by atoms with Gasteiger partial charge < -0.3 is 15.0 Å². The Hall–Kier alpha value is -2.93. The van der Waals surface area contributed by atoms with Gasteiger partial charge in [-0.2, -0.15) is 0 Å². The lowest BCUT2D eigenvalue weighted by atomic mass is 10.2. The van der Waals surface area contributed by atoms with E-state index >= 15 is 0 Å². The molecule has 0 spiro atoms. The second kappa shape index (κ2) is 9.06. The molecular formula is C24H20ClN3OS2. The van der Waals surface area contributed by atoms with Crippen molar-refractivity contribution in [1.82, 2.24) is 0 Å². The van der Waals surface area contributed by atoms with E-state index in [4.69, 9.17) is 10.1 Å². The highest BCUT2D eigenvalue weighted by atomic mass is 35.5. The number of nitrogens with one attached hydrogen (secondary N) is 2. The first-order valence-corrected chi connectivity index (χ1v) is 11.2. The van der Waals surface area contributed by atoms with Crippen LogP contribution in [0.15, 0.2) is 94.0 Å². The number of nitrogens with zero attached hydrogens (tertiary/aromatic N) is 1. The topological polar surface area (TPSA) is 48.4 Å². The number of thiophene rings is 1. The van der Waals surface area contributed by atoms with Gasteiger partial charge in [0.1, 0.15) is 17.3 Å². The molecule has 0 atom stereocenters. The van der Waals surface area contributed by atoms with E-state index in [0.717, 1.165) is 27.8 Å². The van der Waals surface area contributed by atoms with Crippen LogP contribution in [0.4, 0.5) is 17.1 Å². The standard InChI is InChI=1S/C24H19N3OS2.ClH/c1-27-19-5-2-3-6-21(19)30-22-13-12-18(15-20(22)27)28-17-10-8-16(9-11-17)26-24(25)23-7-4-14-29-23;/h2-15H,1H3,(H2,25,26);1H. The third-order valence-corrected chi connectivity index (χ3v) is 6.88. The molecule has 5 rings (SSSR count). The number of hydrogen-bond donors (Lipinski definition) is 2. The molecule has 0 fully saturated rings. The summed E-state index contributed by atoms with van der Waals surface area (Å²) in [5, 5.41) is 13.2. The van der Waals surface area contributed by atoms with Gasteiger partial charge in [-0.05, 0) is 60.0 Å². The molecule has 0 amide bonds. The van der Waals surface area contributed by atoms with Crippen molar-refractivity contribution in [2.45, 2.75) is 9.79 Å². The van der Waals surface area contributed by atoms with E-state index in [0.29, 0.717) is 5.84 Å². The fraction of sp³-hybridized carbons (Fsp3) is 0.0417. The largest absolute Gasteiger partial charge is 0.457 e. The summed E-state index contributed by atoms with van der Waals surface area (Å²) in [5.41, 5.74) is 3.20. The van der Waals surface area contributed by atoms with Crippen LogP contribution in [0.3, 0.4) is 0 Å². The highest BCUT2D eigenvalue weighted by Crippen LogP contribution is 2.48. The summed E-state index contributed by atoms with van der Waals surface area (Å²) in [5.74, 6) is 1.96. The molecule has 0 radical (unpaired) electrons. The van der Waals surface area contributed by atoms with Gasteiger partial charge in [0.05, 0.1) is 16.3 Å². The van der Waals surface area contributed by atoms with E-state index in [-0.39, 0.29) is 12.4 Å². The van der Waals surface area contributed by atoms with E-state index in [9.17, 15) is 0 Å². The first-order valence-electron chi connectivity index (χ1n) is 9.49. The van der Waals surface area contributed by atoms with Crippen molar-refractivity contribution < 1.29 is 4.74 Å². The summed E-state index contributed by atoms with van der Waals surface area (Å²) in [6.45, 7) is 0. The Morgan fingerprint density at radius 1 is 0.871 bits per heavy atom. The van der Waals surface area contributed by atoms with Crippen LogP contribution in [0.2, 0.25) is 0 Å². The maximum absolute atomic E-state index is 8.14. The number of halogens is 1. The van der Waals surface area contributed by atoms with Crippen molar-refractivity contribution in [3.63, 3.8) is 0 Å². The molecule has 0 aliphatic carbocycles. The average molecular weight is 466 g/mol. The minimum Gasteiger partial charge on any atom is -0.457 e. The molecular weight excluding hydrogens is 446 g/mol. The molecule has 31 heavy (non-hydrogen) atoms. The average Bonchev–Trinajstić information content (AvgIpc) is 3.31. The van der Waals surface area contributed by atoms with Crippen molar-refractivity contribution in [2.24, 2.45) is 0 Å². The molecule has 3 aromatic carbocycles. The maximum Gasteiger partial charge on any atom is 0.140 e. The number of para-hydroxylation sites is 1. The first kappa shape index (κ1) is 21.3. The van der Waals surface area contributed by atoms with Crippen LogP contribution < -0.4 is 15.0 Å². The number of anilines is 3. The Labute approximate surface area is 195 Å². The minimum atomic E-state index is 0. The lowest BCUT2D eigenvalue weighted by Crippen LogP contribution is -2.14. The molecule has 156 valence electrons. The van der Waals surface area contributed by atoms with Crippen LogP contribution in [0, 0.1) is 5.41 Å². The van der Waals surface area contributed by atoms with Crippen LogP contribution in [0.5, 0.6) is 11.5 Å². The Morgan fingerprint density at radius 3 is 2.39 bits per heavy atom. The molecule has 0 bridgehead atoms. The number of ether oxygens (including phenoxy) is 1. The van der Waals surface area contributed by atoms with Crippen molar-refractivity contribution in [1.29, 1.82) is 5.41 Å². The first-order chi connectivity index (χ1) is 14.7. The predicted octanol–water partition coefficient (Wildman–Crippen LogP) is 7.63. The molecule has 4 aromatic rings. The zero-order valence-corrected chi connectivity index (χ0v) is 19.1. The molecule has 1 aliphatic heterocycles. The number of benzene rings is 3. The van der Waals surface area contributed by atoms with Crippen molar-refractivity contribution >= 4 is 58.4 Å². The molecule has 0 saturated heterocycles. The van der Waals surface area contributed by atoms with Crippen molar-refractivity contribution in [3.8, 4) is 11.5 Å². The molecule has 7 heteroatoms. The van der Waals surface area contributed by atoms with Crippen LogP contribution in [0.1, 0.15) is 4.88 Å². The molecule has 2 N–H and O–H groups in total. The van der Waals surface area contributed by atoms with Crippen molar-refractivity contribution in [2.75, 3.05) is 17.3 Å². The molecule has 1 aromatic heterocycles. The van der Waals surface area contributed by atoms with E-state index in [1.54, 1.807) is 23.1 Å². The van der Waals surface area contributed by atoms with Gasteiger partial charge in [-0.3, -0.25) is 5.41 Å². The summed E-state index contributed by atoms with van der Waals surface area (Å²) in [6.07, 6.45) is 0. The van der Waals surface area contributed by atoms with Crippen LogP contribution in [-0.4, -0.2) is 12.9 Å². The number of rotatable bonds is 4. The van der Waals surface area contributed by atoms with E-state index in [2.05, 4.69) is 53.7 Å². The molecule has 4 nitrogen and oxygen atoms in total. The summed E-state index contributed by atoms with van der Waals surface area (Å²) in [6, 6.07) is 26.2. The quantitative estimate of drug-likeness (QED) is 0.240. The Bertz CT molecular complexity index is 1210. The summed E-state index contributed by atoms with van der Waals surface area (Å²) >= 11 is 3.33. The van der Waals surface area contributed by atoms with Gasteiger partial charge in [0.2, 0.25) is 0 Å². The van der Waals surface area contributed by atoms with Gasteiger partial charge in [0.15, 0.2) is 0 Å². The van der Waals surface area contributed by atoms with Crippen LogP contribution in [0.25, 0.3) is 0 Å². The number of amidine groups is 1. The lowest BCUT2D eigenvalue weighted by Gasteiger charge is -2.29. The normalized spacial score (nSPS) is 11.7. The fourth-order valence-electron chi connectivity index (χ4n) is 3.35. The van der Waals surface area contributed by atoms with Crippen molar-refractivity contribution in [3.05, 3.63) is 89.1 Å². The number of fused-ring (bicyclic) bond motifs is 2. The van der Waals surface area contributed by atoms with E-state index in [1.165, 1.54) is 15.5 Å². The third-order valence-electron chi connectivity index (χ3n) is 4.87. The van der Waals surface area contributed by atoms with Gasteiger partial charge in [-0.15, -0.1) is 23.7 Å². The van der Waals surface area contributed by atoms with Crippen LogP contribution >= 0.6 is 35.5 Å². The minimum absolute atomic E-state index is 0. The zero-order chi connectivity index (χ0) is 20.5. The molecule has 0 unspecified atom stereocenters. The molecule has 0 saturated carbocycles. The summed E-state index contributed by atoms with van der Waals surface area (Å²) < 4.78 is 6.10. The number of hydrogen-bond acceptors (Lipinski definition) is 5. The third kappa shape index (κ3) is 4.42. The van der Waals surface area contributed by atoms with E-state index < -0.39 is 0 Å². The highest BCUT2D eigenvalue weighted by molar-refractivity contribution is 7.99. The van der Waals surface area contributed by atoms with Crippen LogP contribution in [-0.2, 0) is 0 Å². The molecule has 2 heterocycles. The Balaban J connectivity index is 0.00000231. The summed E-state index contributed by atoms with van der Waals surface area (Å²) in [7, 11) is 2.09. The van der Waals surface area contributed by atoms with E-state index in [1.807, 2.05) is 47.8 Å². The Morgan fingerprint density at radius 2 is 1.61 bits per heavy atom. The zero-order valence-electron chi connectivity index (χ0n) is 16.7. The lowest BCUT2D eigenvalue weighted by molar-refractivity contribution is 0.482. The van der Waals surface area contributed by atoms with Gasteiger partial charge in [-0.25, -0.2) is 0 Å². The van der Waals surface area contributed by atoms with Gasteiger partial charge in [0, 0.05) is 28.6 Å².